The summed E-state index contributed by atoms with van der Waals surface area (Å²) in [6.07, 6.45) is 0. The predicted molar refractivity (Wildman–Crippen MR) is 94.5 cm³/mol. The fourth-order valence-electron chi connectivity index (χ4n) is 2.45. The number of amides is 1. The Kier molecular flexibility index (Phi) is 4.57. The highest BCUT2D eigenvalue weighted by molar-refractivity contribution is 5.96. The zero-order chi connectivity index (χ0) is 16.9. The molecule has 0 saturated heterocycles. The van der Waals surface area contributed by atoms with Gasteiger partial charge in [-0.05, 0) is 42.6 Å². The summed E-state index contributed by atoms with van der Waals surface area (Å²) in [6, 6.07) is 20.4. The molecule has 3 rings (SSSR count). The summed E-state index contributed by atoms with van der Waals surface area (Å²) in [5.41, 5.74) is 1.24. The fourth-order valence-corrected chi connectivity index (χ4v) is 2.45. The maximum absolute atomic E-state index is 12.0. The van der Waals surface area contributed by atoms with Crippen molar-refractivity contribution in [2.75, 3.05) is 11.9 Å². The van der Waals surface area contributed by atoms with Crippen molar-refractivity contribution in [1.29, 1.82) is 0 Å². The standard InChI is InChI=1S/C20H17NO3/c1-14(22)15-9-11-17(12-10-15)21-20(23)13-24-19-8-4-6-16-5-2-3-7-18(16)19/h2-12H,13H2,1H3,(H,21,23). The molecular weight excluding hydrogens is 302 g/mol. The van der Waals surface area contributed by atoms with Gasteiger partial charge in [0.15, 0.2) is 12.4 Å². The van der Waals surface area contributed by atoms with Crippen molar-refractivity contribution in [2.24, 2.45) is 0 Å². The molecule has 3 aromatic carbocycles. The van der Waals surface area contributed by atoms with Crippen LogP contribution in [0.5, 0.6) is 5.75 Å². The fraction of sp³-hybridized carbons (Fsp3) is 0.100. The van der Waals surface area contributed by atoms with Crippen LogP contribution in [-0.4, -0.2) is 18.3 Å². The number of carbonyl (C=O) groups is 2. The summed E-state index contributed by atoms with van der Waals surface area (Å²) in [4.78, 5) is 23.3. The van der Waals surface area contributed by atoms with Crippen LogP contribution in [0.4, 0.5) is 5.69 Å². The van der Waals surface area contributed by atoms with Crippen molar-refractivity contribution in [3.05, 3.63) is 72.3 Å². The van der Waals surface area contributed by atoms with E-state index in [-0.39, 0.29) is 18.3 Å². The van der Waals surface area contributed by atoms with E-state index in [2.05, 4.69) is 5.32 Å². The van der Waals surface area contributed by atoms with Gasteiger partial charge in [0.25, 0.3) is 5.91 Å². The first-order valence-corrected chi connectivity index (χ1v) is 7.65. The number of Topliss-reactive ketones (excluding diaryl/α,β-unsaturated/α-hetero) is 1. The van der Waals surface area contributed by atoms with Gasteiger partial charge in [-0.2, -0.15) is 0 Å². The second-order valence-corrected chi connectivity index (χ2v) is 5.45. The van der Waals surface area contributed by atoms with Crippen LogP contribution in [0.15, 0.2) is 66.7 Å². The summed E-state index contributed by atoms with van der Waals surface area (Å²) < 4.78 is 5.65. The lowest BCUT2D eigenvalue weighted by Crippen LogP contribution is -2.20. The van der Waals surface area contributed by atoms with E-state index < -0.39 is 0 Å². The number of fused-ring (bicyclic) bond motifs is 1. The Bertz CT molecular complexity index is 880. The zero-order valence-electron chi connectivity index (χ0n) is 13.3. The summed E-state index contributed by atoms with van der Waals surface area (Å²) in [5.74, 6) is 0.417. The largest absolute Gasteiger partial charge is 0.483 e. The molecule has 0 spiro atoms. The van der Waals surface area contributed by atoms with Crippen LogP contribution in [0.3, 0.4) is 0 Å². The molecule has 3 aromatic rings. The molecule has 0 fully saturated rings. The number of anilines is 1. The van der Waals surface area contributed by atoms with Gasteiger partial charge in [-0.25, -0.2) is 0 Å². The number of hydrogen-bond acceptors (Lipinski definition) is 3. The van der Waals surface area contributed by atoms with Gasteiger partial charge in [-0.3, -0.25) is 9.59 Å². The van der Waals surface area contributed by atoms with E-state index in [1.165, 1.54) is 6.92 Å². The maximum atomic E-state index is 12.0. The molecule has 1 N–H and O–H groups in total. The number of carbonyl (C=O) groups excluding carboxylic acids is 2. The molecule has 0 bridgehead atoms. The van der Waals surface area contributed by atoms with Gasteiger partial charge >= 0.3 is 0 Å². The summed E-state index contributed by atoms with van der Waals surface area (Å²) in [7, 11) is 0. The van der Waals surface area contributed by atoms with Crippen LogP contribution in [0, 0.1) is 0 Å². The second-order valence-electron chi connectivity index (χ2n) is 5.45. The van der Waals surface area contributed by atoms with Crippen LogP contribution >= 0.6 is 0 Å². The van der Waals surface area contributed by atoms with Crippen molar-refractivity contribution in [2.45, 2.75) is 6.92 Å². The van der Waals surface area contributed by atoms with Gasteiger partial charge in [0.1, 0.15) is 5.75 Å². The molecule has 0 unspecified atom stereocenters. The normalized spacial score (nSPS) is 10.4. The molecule has 24 heavy (non-hydrogen) atoms. The van der Waals surface area contributed by atoms with E-state index in [1.54, 1.807) is 24.3 Å². The smallest absolute Gasteiger partial charge is 0.262 e. The van der Waals surface area contributed by atoms with Gasteiger partial charge in [0.2, 0.25) is 0 Å². The third kappa shape index (κ3) is 3.60. The highest BCUT2D eigenvalue weighted by Crippen LogP contribution is 2.25. The van der Waals surface area contributed by atoms with Gasteiger partial charge in [0, 0.05) is 16.6 Å². The maximum Gasteiger partial charge on any atom is 0.262 e. The minimum Gasteiger partial charge on any atom is -0.483 e. The Morgan fingerprint density at radius 2 is 1.62 bits per heavy atom. The second kappa shape index (κ2) is 6.96. The van der Waals surface area contributed by atoms with Crippen molar-refractivity contribution >= 4 is 28.2 Å². The van der Waals surface area contributed by atoms with Gasteiger partial charge < -0.3 is 10.1 Å². The number of rotatable bonds is 5. The summed E-state index contributed by atoms with van der Waals surface area (Å²) in [5, 5.41) is 4.79. The SMILES string of the molecule is CC(=O)c1ccc(NC(=O)COc2cccc3ccccc23)cc1. The van der Waals surface area contributed by atoms with Gasteiger partial charge in [-0.1, -0.05) is 36.4 Å². The number of ketones is 1. The van der Waals surface area contributed by atoms with Crippen molar-refractivity contribution < 1.29 is 14.3 Å². The van der Waals surface area contributed by atoms with E-state index in [4.69, 9.17) is 4.74 Å². The first-order chi connectivity index (χ1) is 11.6. The van der Waals surface area contributed by atoms with E-state index in [1.807, 2.05) is 42.5 Å². The average molecular weight is 319 g/mol. The Balaban J connectivity index is 1.64. The molecule has 4 heteroatoms. The first kappa shape index (κ1) is 15.7. The van der Waals surface area contributed by atoms with E-state index in [9.17, 15) is 9.59 Å². The van der Waals surface area contributed by atoms with Crippen LogP contribution < -0.4 is 10.1 Å². The van der Waals surface area contributed by atoms with Crippen molar-refractivity contribution in [1.82, 2.24) is 0 Å². The predicted octanol–water partition coefficient (Wildman–Crippen LogP) is 4.06. The zero-order valence-corrected chi connectivity index (χ0v) is 13.3. The number of hydrogen-bond donors (Lipinski definition) is 1. The van der Waals surface area contributed by atoms with Crippen LogP contribution in [0.25, 0.3) is 10.8 Å². The van der Waals surface area contributed by atoms with Crippen molar-refractivity contribution in [3.63, 3.8) is 0 Å². The number of nitrogens with one attached hydrogen (secondary N) is 1. The molecule has 0 aromatic heterocycles. The van der Waals surface area contributed by atoms with E-state index >= 15 is 0 Å². The van der Waals surface area contributed by atoms with E-state index in [0.717, 1.165) is 10.8 Å². The highest BCUT2D eigenvalue weighted by atomic mass is 16.5. The molecule has 0 atom stereocenters. The van der Waals surface area contributed by atoms with Gasteiger partial charge in [0.05, 0.1) is 0 Å². The molecule has 0 heterocycles. The molecule has 0 radical (unpaired) electrons. The molecule has 120 valence electrons. The van der Waals surface area contributed by atoms with Crippen molar-refractivity contribution in [3.8, 4) is 5.75 Å². The lowest BCUT2D eigenvalue weighted by atomic mass is 10.1. The number of ether oxygens (including phenoxy) is 1. The summed E-state index contributed by atoms with van der Waals surface area (Å²) in [6.45, 7) is 1.42. The molecule has 0 aliphatic carbocycles. The Morgan fingerprint density at radius 1 is 0.917 bits per heavy atom. The summed E-state index contributed by atoms with van der Waals surface area (Å²) >= 11 is 0. The quantitative estimate of drug-likeness (QED) is 0.722. The minimum absolute atomic E-state index is 0.00725. The molecular formula is C20H17NO3. The minimum atomic E-state index is -0.251. The van der Waals surface area contributed by atoms with Crippen LogP contribution in [0.2, 0.25) is 0 Å². The molecule has 4 nitrogen and oxygen atoms in total. The molecule has 0 aliphatic heterocycles. The topological polar surface area (TPSA) is 55.4 Å². The molecule has 1 amide bonds. The first-order valence-electron chi connectivity index (χ1n) is 7.65. The Hall–Kier alpha value is -3.14. The Labute approximate surface area is 140 Å². The van der Waals surface area contributed by atoms with E-state index in [0.29, 0.717) is 17.0 Å². The lowest BCUT2D eigenvalue weighted by Gasteiger charge is -2.10. The van der Waals surface area contributed by atoms with Crippen LogP contribution in [-0.2, 0) is 4.79 Å². The monoisotopic (exact) mass is 319 g/mol. The average Bonchev–Trinajstić information content (AvgIpc) is 2.60. The third-order valence-corrected chi connectivity index (χ3v) is 3.68. The highest BCUT2D eigenvalue weighted by Gasteiger charge is 2.07. The third-order valence-electron chi connectivity index (χ3n) is 3.68. The lowest BCUT2D eigenvalue weighted by molar-refractivity contribution is -0.118. The molecule has 0 aliphatic rings. The van der Waals surface area contributed by atoms with Gasteiger partial charge in [-0.15, -0.1) is 0 Å². The Morgan fingerprint density at radius 3 is 2.38 bits per heavy atom. The molecule has 0 saturated carbocycles. The number of benzene rings is 3. The van der Waals surface area contributed by atoms with Crippen LogP contribution in [0.1, 0.15) is 17.3 Å².